The largest absolute Gasteiger partial charge is 0.452 e. The SMILES string of the molecule is CC(C)(O)CC(=O)NCCn1ccc2ncnc(Nc3ccc(Oc4cnn5ccccc45)c(Cl)c3)c21. The first-order valence-corrected chi connectivity index (χ1v) is 12.1. The molecule has 0 aliphatic carbocycles. The van der Waals surface area contributed by atoms with E-state index >= 15 is 0 Å². The minimum absolute atomic E-state index is 0.0349. The van der Waals surface area contributed by atoms with E-state index < -0.39 is 5.60 Å². The summed E-state index contributed by atoms with van der Waals surface area (Å²) in [6.07, 6.45) is 6.92. The molecule has 3 N–H and O–H groups in total. The fraction of sp³-hybridized carbons (Fsp3) is 0.231. The van der Waals surface area contributed by atoms with E-state index in [1.807, 2.05) is 47.3 Å². The maximum absolute atomic E-state index is 12.0. The molecule has 0 aliphatic rings. The predicted molar refractivity (Wildman–Crippen MR) is 141 cm³/mol. The third-order valence-corrected chi connectivity index (χ3v) is 5.92. The first-order valence-electron chi connectivity index (χ1n) is 11.7. The van der Waals surface area contributed by atoms with E-state index in [1.165, 1.54) is 6.33 Å². The first kappa shape index (κ1) is 24.5. The minimum Gasteiger partial charge on any atom is -0.452 e. The molecule has 10 nitrogen and oxygen atoms in total. The van der Waals surface area contributed by atoms with Crippen LogP contribution in [0.5, 0.6) is 11.5 Å². The van der Waals surface area contributed by atoms with Crippen LogP contribution in [0, 0.1) is 0 Å². The monoisotopic (exact) mass is 519 g/mol. The standard InChI is InChI=1S/C26H26ClN7O3/c1-26(2,36)14-23(35)28-9-12-33-11-8-19-24(33)25(30-16-29-19)32-17-6-7-21(18(27)13-17)37-22-15-31-34-10-4-3-5-20(22)34/h3-8,10-11,13,15-16,36H,9,12,14H2,1-2H3,(H,28,35)(H,29,30,32). The minimum atomic E-state index is -1.05. The Hall–Kier alpha value is -4.15. The van der Waals surface area contributed by atoms with Gasteiger partial charge in [-0.15, -0.1) is 0 Å². The van der Waals surface area contributed by atoms with Crippen molar-refractivity contribution in [2.45, 2.75) is 32.4 Å². The lowest BCUT2D eigenvalue weighted by molar-refractivity contribution is -0.124. The summed E-state index contributed by atoms with van der Waals surface area (Å²) in [6.45, 7) is 4.11. The summed E-state index contributed by atoms with van der Waals surface area (Å²) in [5, 5.41) is 20.7. The highest BCUT2D eigenvalue weighted by molar-refractivity contribution is 6.32. The van der Waals surface area contributed by atoms with E-state index in [0.717, 1.165) is 22.2 Å². The molecule has 37 heavy (non-hydrogen) atoms. The van der Waals surface area contributed by atoms with E-state index in [-0.39, 0.29) is 12.3 Å². The quantitative estimate of drug-likeness (QED) is 0.261. The third kappa shape index (κ3) is 5.65. The molecule has 4 aromatic heterocycles. The van der Waals surface area contributed by atoms with Gasteiger partial charge < -0.3 is 25.0 Å². The number of amides is 1. The molecule has 5 aromatic rings. The van der Waals surface area contributed by atoms with Crippen molar-refractivity contribution in [3.05, 3.63) is 72.4 Å². The number of nitrogens with zero attached hydrogens (tertiary/aromatic N) is 5. The van der Waals surface area contributed by atoms with Crippen LogP contribution in [0.3, 0.4) is 0 Å². The van der Waals surface area contributed by atoms with E-state index in [2.05, 4.69) is 25.7 Å². The molecule has 0 radical (unpaired) electrons. The van der Waals surface area contributed by atoms with Crippen molar-refractivity contribution in [3.63, 3.8) is 0 Å². The number of carbonyl (C=O) groups is 1. The summed E-state index contributed by atoms with van der Waals surface area (Å²) in [7, 11) is 0. The Morgan fingerprint density at radius 3 is 2.81 bits per heavy atom. The normalized spacial score (nSPS) is 11.7. The van der Waals surface area contributed by atoms with Gasteiger partial charge in [0, 0.05) is 31.2 Å². The maximum atomic E-state index is 12.0. The molecule has 0 saturated carbocycles. The number of benzene rings is 1. The summed E-state index contributed by atoms with van der Waals surface area (Å²) in [4.78, 5) is 20.8. The van der Waals surface area contributed by atoms with E-state index in [1.54, 1.807) is 36.7 Å². The zero-order valence-electron chi connectivity index (χ0n) is 20.3. The van der Waals surface area contributed by atoms with Gasteiger partial charge in [-0.1, -0.05) is 17.7 Å². The van der Waals surface area contributed by atoms with Crippen LogP contribution < -0.4 is 15.4 Å². The fourth-order valence-corrected chi connectivity index (χ4v) is 4.21. The number of anilines is 2. The van der Waals surface area contributed by atoms with Gasteiger partial charge in [0.05, 0.1) is 28.8 Å². The highest BCUT2D eigenvalue weighted by atomic mass is 35.5. The van der Waals surface area contributed by atoms with E-state index in [0.29, 0.717) is 35.4 Å². The van der Waals surface area contributed by atoms with E-state index in [9.17, 15) is 9.90 Å². The number of fused-ring (bicyclic) bond motifs is 2. The number of nitrogens with one attached hydrogen (secondary N) is 2. The molecule has 0 unspecified atom stereocenters. The van der Waals surface area contributed by atoms with Crippen LogP contribution in [0.4, 0.5) is 11.5 Å². The number of ether oxygens (including phenoxy) is 1. The van der Waals surface area contributed by atoms with Gasteiger partial charge in [0.15, 0.2) is 11.6 Å². The molecule has 11 heteroatoms. The zero-order valence-corrected chi connectivity index (χ0v) is 21.1. The number of aliphatic hydroxyl groups is 1. The zero-order chi connectivity index (χ0) is 26.0. The second-order valence-corrected chi connectivity index (χ2v) is 9.62. The summed E-state index contributed by atoms with van der Waals surface area (Å²) in [6, 6.07) is 13.0. The molecular formula is C26H26ClN7O3. The molecule has 0 bridgehead atoms. The summed E-state index contributed by atoms with van der Waals surface area (Å²) in [5.74, 6) is 1.50. The summed E-state index contributed by atoms with van der Waals surface area (Å²) in [5.41, 5.74) is 2.07. The highest BCUT2D eigenvalue weighted by Gasteiger charge is 2.18. The lowest BCUT2D eigenvalue weighted by Gasteiger charge is -2.16. The van der Waals surface area contributed by atoms with Gasteiger partial charge >= 0.3 is 0 Å². The van der Waals surface area contributed by atoms with Crippen molar-refractivity contribution in [2.24, 2.45) is 0 Å². The molecule has 0 atom stereocenters. The van der Waals surface area contributed by atoms with Crippen molar-refractivity contribution in [3.8, 4) is 11.5 Å². The topological polar surface area (TPSA) is 119 Å². The second kappa shape index (κ2) is 10.1. The van der Waals surface area contributed by atoms with Crippen molar-refractivity contribution in [1.82, 2.24) is 29.5 Å². The van der Waals surface area contributed by atoms with Gasteiger partial charge in [-0.25, -0.2) is 14.5 Å². The lowest BCUT2D eigenvalue weighted by atomic mass is 10.1. The van der Waals surface area contributed by atoms with Crippen molar-refractivity contribution in [2.75, 3.05) is 11.9 Å². The van der Waals surface area contributed by atoms with Crippen LogP contribution in [0.15, 0.2) is 67.4 Å². The van der Waals surface area contributed by atoms with Crippen LogP contribution in [0.1, 0.15) is 20.3 Å². The maximum Gasteiger partial charge on any atom is 0.222 e. The van der Waals surface area contributed by atoms with Gasteiger partial charge in [-0.05, 0) is 50.2 Å². The average Bonchev–Trinajstić information content (AvgIpc) is 3.45. The van der Waals surface area contributed by atoms with Crippen molar-refractivity contribution >= 4 is 45.6 Å². The van der Waals surface area contributed by atoms with Crippen molar-refractivity contribution < 1.29 is 14.6 Å². The Kier molecular flexibility index (Phi) is 6.68. The molecule has 0 aliphatic heterocycles. The van der Waals surface area contributed by atoms with Gasteiger partial charge in [0.25, 0.3) is 0 Å². The molecule has 1 aromatic carbocycles. The smallest absolute Gasteiger partial charge is 0.222 e. The van der Waals surface area contributed by atoms with Crippen LogP contribution >= 0.6 is 11.6 Å². The van der Waals surface area contributed by atoms with Gasteiger partial charge in [0.1, 0.15) is 23.1 Å². The highest BCUT2D eigenvalue weighted by Crippen LogP contribution is 2.34. The summed E-state index contributed by atoms with van der Waals surface area (Å²) < 4.78 is 9.71. The van der Waals surface area contributed by atoms with E-state index in [4.69, 9.17) is 16.3 Å². The summed E-state index contributed by atoms with van der Waals surface area (Å²) >= 11 is 6.55. The number of pyridine rings is 1. The van der Waals surface area contributed by atoms with Gasteiger partial charge in [-0.3, -0.25) is 4.79 Å². The van der Waals surface area contributed by atoms with Crippen LogP contribution in [0.2, 0.25) is 5.02 Å². The van der Waals surface area contributed by atoms with Crippen LogP contribution in [-0.2, 0) is 11.3 Å². The number of rotatable bonds is 9. The number of halogens is 1. The first-order chi connectivity index (χ1) is 17.8. The predicted octanol–water partition coefficient (Wildman–Crippen LogP) is 4.55. The average molecular weight is 520 g/mol. The van der Waals surface area contributed by atoms with Gasteiger partial charge in [-0.2, -0.15) is 5.10 Å². The Morgan fingerprint density at radius 1 is 1.14 bits per heavy atom. The second-order valence-electron chi connectivity index (χ2n) is 9.22. The molecule has 0 spiro atoms. The number of hydrogen-bond acceptors (Lipinski definition) is 7. The number of hydrogen-bond donors (Lipinski definition) is 3. The molecule has 4 heterocycles. The van der Waals surface area contributed by atoms with Crippen molar-refractivity contribution in [1.29, 1.82) is 0 Å². The molecular weight excluding hydrogens is 494 g/mol. The number of aromatic nitrogens is 5. The fourth-order valence-electron chi connectivity index (χ4n) is 3.99. The Labute approximate surface area is 217 Å². The third-order valence-electron chi connectivity index (χ3n) is 5.62. The van der Waals surface area contributed by atoms with Gasteiger partial charge in [0.2, 0.25) is 5.91 Å². The lowest BCUT2D eigenvalue weighted by Crippen LogP contribution is -2.33. The number of carbonyl (C=O) groups excluding carboxylic acids is 1. The Balaban J connectivity index is 1.31. The Bertz CT molecular complexity index is 1570. The molecule has 190 valence electrons. The Morgan fingerprint density at radius 2 is 2.00 bits per heavy atom. The molecule has 0 fully saturated rings. The molecule has 0 saturated heterocycles. The molecule has 1 amide bonds. The van der Waals surface area contributed by atoms with Crippen LogP contribution in [-0.4, -0.2) is 47.3 Å². The van der Waals surface area contributed by atoms with Crippen LogP contribution in [0.25, 0.3) is 16.6 Å². The molecule has 5 rings (SSSR count).